The number of esters is 1. The molecular weight excluding hydrogens is 346 g/mol. The number of nitrogens with zero attached hydrogens (tertiary/aromatic N) is 1. The summed E-state index contributed by atoms with van der Waals surface area (Å²) in [4.78, 5) is 26.9. The zero-order valence-corrected chi connectivity index (χ0v) is 15.3. The SMILES string of the molecule is C[C@H]1CCC[C@H](C)N1C(=O)COC(=O)c1sc2ccccc2c1Cl. The summed E-state index contributed by atoms with van der Waals surface area (Å²) in [5.41, 5.74) is 0. The van der Waals surface area contributed by atoms with Gasteiger partial charge < -0.3 is 9.64 Å². The average molecular weight is 366 g/mol. The van der Waals surface area contributed by atoms with E-state index < -0.39 is 5.97 Å². The number of piperidine rings is 1. The Bertz CT molecular complexity index is 763. The van der Waals surface area contributed by atoms with Gasteiger partial charge in [0.2, 0.25) is 0 Å². The first kappa shape index (κ1) is 17.2. The van der Waals surface area contributed by atoms with Crippen LogP contribution in [-0.2, 0) is 9.53 Å². The second-order valence-corrected chi connectivity index (χ2v) is 7.68. The number of rotatable bonds is 3. The molecule has 0 bridgehead atoms. The van der Waals surface area contributed by atoms with Gasteiger partial charge in [0.1, 0.15) is 4.88 Å². The normalized spacial score (nSPS) is 21.0. The molecule has 6 heteroatoms. The topological polar surface area (TPSA) is 46.6 Å². The zero-order valence-electron chi connectivity index (χ0n) is 13.8. The molecule has 1 aliphatic heterocycles. The Hall–Kier alpha value is -1.59. The summed E-state index contributed by atoms with van der Waals surface area (Å²) >= 11 is 7.57. The molecule has 2 atom stereocenters. The third-order valence-corrected chi connectivity index (χ3v) is 6.18. The van der Waals surface area contributed by atoms with Crippen LogP contribution in [0, 0.1) is 0 Å². The van der Waals surface area contributed by atoms with Gasteiger partial charge in [-0.25, -0.2) is 4.79 Å². The fraction of sp³-hybridized carbons (Fsp3) is 0.444. The Balaban J connectivity index is 1.68. The van der Waals surface area contributed by atoms with Crippen molar-refractivity contribution in [2.24, 2.45) is 0 Å². The lowest BCUT2D eigenvalue weighted by atomic mass is 9.97. The number of thiophene rings is 1. The van der Waals surface area contributed by atoms with Gasteiger partial charge in [0.25, 0.3) is 5.91 Å². The molecule has 0 unspecified atom stereocenters. The molecule has 0 spiro atoms. The van der Waals surface area contributed by atoms with Crippen molar-refractivity contribution in [3.05, 3.63) is 34.2 Å². The van der Waals surface area contributed by atoms with Gasteiger partial charge in [-0.05, 0) is 39.2 Å². The van der Waals surface area contributed by atoms with E-state index in [1.165, 1.54) is 11.3 Å². The Labute approximate surface area is 150 Å². The minimum atomic E-state index is -0.535. The Morgan fingerprint density at radius 2 is 1.92 bits per heavy atom. The summed E-state index contributed by atoms with van der Waals surface area (Å²) < 4.78 is 6.18. The molecule has 2 aromatic rings. The summed E-state index contributed by atoms with van der Waals surface area (Å²) in [7, 11) is 0. The van der Waals surface area contributed by atoms with Crippen LogP contribution in [-0.4, -0.2) is 35.5 Å². The number of carbonyl (C=O) groups is 2. The lowest BCUT2D eigenvalue weighted by molar-refractivity contribution is -0.140. The molecule has 24 heavy (non-hydrogen) atoms. The number of benzene rings is 1. The number of amides is 1. The van der Waals surface area contributed by atoms with E-state index in [-0.39, 0.29) is 24.6 Å². The third-order valence-electron chi connectivity index (χ3n) is 4.53. The number of hydrogen-bond donors (Lipinski definition) is 0. The maximum absolute atomic E-state index is 12.4. The Morgan fingerprint density at radius 1 is 1.25 bits per heavy atom. The highest BCUT2D eigenvalue weighted by Gasteiger charge is 2.29. The molecule has 0 aliphatic carbocycles. The van der Waals surface area contributed by atoms with Crippen LogP contribution in [0.5, 0.6) is 0 Å². The van der Waals surface area contributed by atoms with E-state index >= 15 is 0 Å². The molecule has 1 amide bonds. The van der Waals surface area contributed by atoms with E-state index in [2.05, 4.69) is 0 Å². The Morgan fingerprint density at radius 3 is 2.58 bits per heavy atom. The van der Waals surface area contributed by atoms with Gasteiger partial charge in [-0.3, -0.25) is 4.79 Å². The van der Waals surface area contributed by atoms with Crippen LogP contribution in [0.1, 0.15) is 42.8 Å². The van der Waals surface area contributed by atoms with E-state index in [0.717, 1.165) is 29.3 Å². The second-order valence-electron chi connectivity index (χ2n) is 6.25. The zero-order chi connectivity index (χ0) is 17.3. The number of ether oxygens (including phenoxy) is 1. The molecule has 2 heterocycles. The van der Waals surface area contributed by atoms with E-state index in [0.29, 0.717) is 9.90 Å². The van der Waals surface area contributed by atoms with Crippen LogP contribution in [0.4, 0.5) is 0 Å². The largest absolute Gasteiger partial charge is 0.451 e. The first-order chi connectivity index (χ1) is 11.5. The predicted octanol–water partition coefficient (Wildman–Crippen LogP) is 4.50. The van der Waals surface area contributed by atoms with Crippen molar-refractivity contribution < 1.29 is 14.3 Å². The lowest BCUT2D eigenvalue weighted by Crippen LogP contribution is -2.49. The van der Waals surface area contributed by atoms with Crippen molar-refractivity contribution in [1.29, 1.82) is 0 Å². The van der Waals surface area contributed by atoms with Gasteiger partial charge in [0.05, 0.1) is 5.02 Å². The van der Waals surface area contributed by atoms with Gasteiger partial charge >= 0.3 is 5.97 Å². The predicted molar refractivity (Wildman–Crippen MR) is 96.7 cm³/mol. The third kappa shape index (κ3) is 3.28. The summed E-state index contributed by atoms with van der Waals surface area (Å²) in [6.07, 6.45) is 3.11. The number of carbonyl (C=O) groups excluding carboxylic acids is 2. The Kier molecular flexibility index (Phi) is 5.11. The minimum absolute atomic E-state index is 0.139. The highest BCUT2D eigenvalue weighted by atomic mass is 35.5. The summed E-state index contributed by atoms with van der Waals surface area (Å²) in [6, 6.07) is 7.92. The molecule has 3 rings (SSSR count). The maximum Gasteiger partial charge on any atom is 0.350 e. The smallest absolute Gasteiger partial charge is 0.350 e. The summed E-state index contributed by atoms with van der Waals surface area (Å²) in [5, 5.41) is 1.23. The molecule has 4 nitrogen and oxygen atoms in total. The summed E-state index contributed by atoms with van der Waals surface area (Å²) in [6.45, 7) is 3.84. The minimum Gasteiger partial charge on any atom is -0.451 e. The first-order valence-corrected chi connectivity index (χ1v) is 9.33. The molecule has 128 valence electrons. The standard InChI is InChI=1S/C18H20ClNO3S/c1-11-6-5-7-12(2)20(11)15(21)10-23-18(22)17-16(19)13-8-3-4-9-14(13)24-17/h3-4,8-9,11-12H,5-7,10H2,1-2H3/t11-,12-/m0/s1. The van der Waals surface area contributed by atoms with Crippen molar-refractivity contribution in [3.8, 4) is 0 Å². The van der Waals surface area contributed by atoms with Crippen LogP contribution < -0.4 is 0 Å². The van der Waals surface area contributed by atoms with Gasteiger partial charge in [-0.2, -0.15) is 0 Å². The van der Waals surface area contributed by atoms with Crippen molar-refractivity contribution in [3.63, 3.8) is 0 Å². The fourth-order valence-corrected chi connectivity index (χ4v) is 4.73. The first-order valence-electron chi connectivity index (χ1n) is 8.14. The molecule has 1 aromatic heterocycles. The molecule has 1 saturated heterocycles. The van der Waals surface area contributed by atoms with Crippen molar-refractivity contribution in [1.82, 2.24) is 4.90 Å². The molecular formula is C18H20ClNO3S. The molecule has 1 fully saturated rings. The van der Waals surface area contributed by atoms with Gasteiger partial charge in [0.15, 0.2) is 6.61 Å². The summed E-state index contributed by atoms with van der Waals surface area (Å²) in [5.74, 6) is -0.674. The van der Waals surface area contributed by atoms with Crippen LogP contribution in [0.25, 0.3) is 10.1 Å². The monoisotopic (exact) mass is 365 g/mol. The van der Waals surface area contributed by atoms with Gasteiger partial charge in [0, 0.05) is 22.2 Å². The molecule has 0 saturated carbocycles. The van der Waals surface area contributed by atoms with Crippen LogP contribution in [0.3, 0.4) is 0 Å². The van der Waals surface area contributed by atoms with Crippen LogP contribution >= 0.6 is 22.9 Å². The number of fused-ring (bicyclic) bond motifs is 1. The number of likely N-dealkylation sites (tertiary alicyclic amines) is 1. The lowest BCUT2D eigenvalue weighted by Gasteiger charge is -2.38. The van der Waals surface area contributed by atoms with Gasteiger partial charge in [-0.1, -0.05) is 29.8 Å². The van der Waals surface area contributed by atoms with Gasteiger partial charge in [-0.15, -0.1) is 11.3 Å². The van der Waals surface area contributed by atoms with Crippen molar-refractivity contribution >= 4 is 44.9 Å². The van der Waals surface area contributed by atoms with E-state index in [1.54, 1.807) is 0 Å². The van der Waals surface area contributed by atoms with E-state index in [9.17, 15) is 9.59 Å². The number of hydrogen-bond acceptors (Lipinski definition) is 4. The molecule has 1 aliphatic rings. The molecule has 0 radical (unpaired) electrons. The van der Waals surface area contributed by atoms with Crippen molar-refractivity contribution in [2.45, 2.75) is 45.2 Å². The van der Waals surface area contributed by atoms with Crippen molar-refractivity contribution in [2.75, 3.05) is 6.61 Å². The second kappa shape index (κ2) is 7.11. The molecule has 0 N–H and O–H groups in total. The quantitative estimate of drug-likeness (QED) is 0.752. The highest BCUT2D eigenvalue weighted by molar-refractivity contribution is 7.21. The van der Waals surface area contributed by atoms with E-state index in [1.807, 2.05) is 43.0 Å². The van der Waals surface area contributed by atoms with Crippen LogP contribution in [0.15, 0.2) is 24.3 Å². The highest BCUT2D eigenvalue weighted by Crippen LogP contribution is 2.35. The average Bonchev–Trinajstić information content (AvgIpc) is 2.90. The van der Waals surface area contributed by atoms with E-state index in [4.69, 9.17) is 16.3 Å². The van der Waals surface area contributed by atoms with Crippen LogP contribution in [0.2, 0.25) is 5.02 Å². The maximum atomic E-state index is 12.4. The molecule has 1 aromatic carbocycles. The fourth-order valence-electron chi connectivity index (χ4n) is 3.33. The number of halogens is 1.